The van der Waals surface area contributed by atoms with Crippen LogP contribution in [0.3, 0.4) is 0 Å². The molecule has 0 amide bonds. The van der Waals surface area contributed by atoms with E-state index < -0.39 is 0 Å². The SMILES string of the molecule is CNCC1(C(N)C2CCN(C)C2)CC1. The zero-order valence-electron chi connectivity index (χ0n) is 9.42. The molecule has 0 spiro atoms. The lowest BCUT2D eigenvalue weighted by atomic mass is 9.85. The van der Waals surface area contributed by atoms with Gasteiger partial charge in [-0.15, -0.1) is 0 Å². The first-order chi connectivity index (χ1) is 6.68. The third kappa shape index (κ3) is 1.81. The predicted octanol–water partition coefficient (Wildman–Crippen LogP) is 0.265. The Morgan fingerprint density at radius 2 is 2.29 bits per heavy atom. The number of hydrogen-bond acceptors (Lipinski definition) is 3. The van der Waals surface area contributed by atoms with E-state index >= 15 is 0 Å². The molecular weight excluding hydrogens is 174 g/mol. The average molecular weight is 197 g/mol. The minimum atomic E-state index is 0.417. The Hall–Kier alpha value is -0.120. The minimum absolute atomic E-state index is 0.417. The monoisotopic (exact) mass is 197 g/mol. The van der Waals surface area contributed by atoms with Gasteiger partial charge in [0.2, 0.25) is 0 Å². The standard InChI is InChI=1S/C11H23N3/c1-13-8-11(4-5-11)10(12)9-3-6-14(2)7-9/h9-10,13H,3-8,12H2,1-2H3. The van der Waals surface area contributed by atoms with Crippen LogP contribution < -0.4 is 11.1 Å². The summed E-state index contributed by atoms with van der Waals surface area (Å²) in [4.78, 5) is 2.40. The highest BCUT2D eigenvalue weighted by Gasteiger charge is 2.50. The quantitative estimate of drug-likeness (QED) is 0.679. The molecule has 0 bridgehead atoms. The van der Waals surface area contributed by atoms with Crippen LogP contribution in [0.5, 0.6) is 0 Å². The van der Waals surface area contributed by atoms with Gasteiger partial charge >= 0.3 is 0 Å². The molecule has 1 saturated heterocycles. The van der Waals surface area contributed by atoms with Crippen LogP contribution in [0.25, 0.3) is 0 Å². The van der Waals surface area contributed by atoms with Crippen LogP contribution in [0.2, 0.25) is 0 Å². The van der Waals surface area contributed by atoms with Gasteiger partial charge in [-0.3, -0.25) is 0 Å². The van der Waals surface area contributed by atoms with E-state index in [1.54, 1.807) is 0 Å². The third-order valence-corrected chi connectivity index (χ3v) is 4.06. The highest BCUT2D eigenvalue weighted by Crippen LogP contribution is 2.50. The molecule has 14 heavy (non-hydrogen) atoms. The Morgan fingerprint density at radius 1 is 1.57 bits per heavy atom. The molecule has 1 saturated carbocycles. The van der Waals surface area contributed by atoms with Crippen molar-refractivity contribution in [2.24, 2.45) is 17.1 Å². The summed E-state index contributed by atoms with van der Waals surface area (Å²) in [5.41, 5.74) is 6.85. The molecule has 2 unspecified atom stereocenters. The van der Waals surface area contributed by atoms with Crippen molar-refractivity contribution in [3.05, 3.63) is 0 Å². The first-order valence-corrected chi connectivity index (χ1v) is 5.77. The van der Waals surface area contributed by atoms with Gasteiger partial charge in [0.15, 0.2) is 0 Å². The number of nitrogens with two attached hydrogens (primary N) is 1. The van der Waals surface area contributed by atoms with Crippen LogP contribution >= 0.6 is 0 Å². The number of rotatable bonds is 4. The molecule has 2 rings (SSSR count). The van der Waals surface area contributed by atoms with Crippen molar-refractivity contribution in [2.45, 2.75) is 25.3 Å². The smallest absolute Gasteiger partial charge is 0.0149 e. The van der Waals surface area contributed by atoms with Crippen LogP contribution in [-0.2, 0) is 0 Å². The van der Waals surface area contributed by atoms with E-state index in [0.29, 0.717) is 11.5 Å². The van der Waals surface area contributed by atoms with Gasteiger partial charge in [0.1, 0.15) is 0 Å². The van der Waals surface area contributed by atoms with Gasteiger partial charge < -0.3 is 16.0 Å². The van der Waals surface area contributed by atoms with Crippen molar-refractivity contribution in [1.29, 1.82) is 0 Å². The predicted molar refractivity (Wildman–Crippen MR) is 59.2 cm³/mol. The van der Waals surface area contributed by atoms with Crippen molar-refractivity contribution in [3.8, 4) is 0 Å². The molecular formula is C11H23N3. The van der Waals surface area contributed by atoms with Gasteiger partial charge in [0.05, 0.1) is 0 Å². The maximum absolute atomic E-state index is 6.40. The van der Waals surface area contributed by atoms with Crippen molar-refractivity contribution >= 4 is 0 Å². The Labute approximate surface area is 87.0 Å². The lowest BCUT2D eigenvalue weighted by molar-refractivity contribution is 0.279. The van der Waals surface area contributed by atoms with Crippen LogP contribution in [0.4, 0.5) is 0 Å². The Kier molecular flexibility index (Phi) is 2.82. The third-order valence-electron chi connectivity index (χ3n) is 4.06. The molecule has 0 radical (unpaired) electrons. The molecule has 82 valence electrons. The fourth-order valence-electron chi connectivity index (χ4n) is 2.90. The average Bonchev–Trinajstić information content (AvgIpc) is 2.81. The van der Waals surface area contributed by atoms with Gasteiger partial charge in [-0.25, -0.2) is 0 Å². The summed E-state index contributed by atoms with van der Waals surface area (Å²) in [7, 11) is 4.23. The molecule has 3 heteroatoms. The largest absolute Gasteiger partial charge is 0.327 e. The summed E-state index contributed by atoms with van der Waals surface area (Å²) in [6.07, 6.45) is 3.95. The lowest BCUT2D eigenvalue weighted by Gasteiger charge is -2.28. The lowest BCUT2D eigenvalue weighted by Crippen LogP contribution is -2.44. The van der Waals surface area contributed by atoms with Crippen molar-refractivity contribution in [3.63, 3.8) is 0 Å². The molecule has 0 aromatic heterocycles. The summed E-state index contributed by atoms with van der Waals surface area (Å²) in [5.74, 6) is 0.732. The van der Waals surface area contributed by atoms with Gasteiger partial charge in [-0.05, 0) is 51.2 Å². The summed E-state index contributed by atoms with van der Waals surface area (Å²) in [5, 5.41) is 3.29. The van der Waals surface area contributed by atoms with Crippen LogP contribution in [-0.4, -0.2) is 44.7 Å². The van der Waals surface area contributed by atoms with Crippen LogP contribution in [0.1, 0.15) is 19.3 Å². The minimum Gasteiger partial charge on any atom is -0.327 e. The second kappa shape index (κ2) is 3.80. The highest BCUT2D eigenvalue weighted by molar-refractivity contribution is 5.05. The normalized spacial score (nSPS) is 33.2. The molecule has 1 aliphatic heterocycles. The second-order valence-corrected chi connectivity index (χ2v) is 5.23. The van der Waals surface area contributed by atoms with Crippen molar-refractivity contribution in [1.82, 2.24) is 10.2 Å². The number of nitrogens with one attached hydrogen (secondary N) is 1. The highest BCUT2D eigenvalue weighted by atomic mass is 15.1. The molecule has 0 aromatic carbocycles. The Morgan fingerprint density at radius 3 is 2.71 bits per heavy atom. The maximum atomic E-state index is 6.40. The van der Waals surface area contributed by atoms with Crippen LogP contribution in [0.15, 0.2) is 0 Å². The zero-order chi connectivity index (χ0) is 10.2. The summed E-state index contributed by atoms with van der Waals surface area (Å²) >= 11 is 0. The fraction of sp³-hybridized carbons (Fsp3) is 1.00. The van der Waals surface area contributed by atoms with Gasteiger partial charge in [-0.2, -0.15) is 0 Å². The topological polar surface area (TPSA) is 41.3 Å². The maximum Gasteiger partial charge on any atom is 0.0149 e. The fourth-order valence-corrected chi connectivity index (χ4v) is 2.90. The molecule has 1 heterocycles. The van der Waals surface area contributed by atoms with E-state index in [1.807, 2.05) is 7.05 Å². The molecule has 0 aromatic rings. The molecule has 2 atom stereocenters. The number of likely N-dealkylation sites (tertiary alicyclic amines) is 1. The zero-order valence-corrected chi connectivity index (χ0v) is 9.42. The summed E-state index contributed by atoms with van der Waals surface area (Å²) in [6, 6.07) is 0.417. The molecule has 2 fully saturated rings. The first-order valence-electron chi connectivity index (χ1n) is 5.77. The molecule has 2 aliphatic rings. The Balaban J connectivity index is 1.91. The first kappa shape index (κ1) is 10.4. The number of hydrogen-bond donors (Lipinski definition) is 2. The second-order valence-electron chi connectivity index (χ2n) is 5.23. The molecule has 3 nitrogen and oxygen atoms in total. The summed E-state index contributed by atoms with van der Waals surface area (Å²) < 4.78 is 0. The van der Waals surface area contributed by atoms with Gasteiger partial charge in [0.25, 0.3) is 0 Å². The molecule has 3 N–H and O–H groups in total. The van der Waals surface area contributed by atoms with E-state index in [0.717, 1.165) is 12.5 Å². The Bertz CT molecular complexity index is 201. The van der Waals surface area contributed by atoms with E-state index in [-0.39, 0.29) is 0 Å². The van der Waals surface area contributed by atoms with Crippen molar-refractivity contribution in [2.75, 3.05) is 33.7 Å². The number of nitrogens with zero attached hydrogens (tertiary/aromatic N) is 1. The van der Waals surface area contributed by atoms with E-state index in [1.165, 1.54) is 32.4 Å². The van der Waals surface area contributed by atoms with Crippen molar-refractivity contribution < 1.29 is 0 Å². The van der Waals surface area contributed by atoms with Gasteiger partial charge in [0, 0.05) is 19.1 Å². The molecule has 1 aliphatic carbocycles. The van der Waals surface area contributed by atoms with E-state index in [9.17, 15) is 0 Å². The van der Waals surface area contributed by atoms with E-state index in [2.05, 4.69) is 17.3 Å². The van der Waals surface area contributed by atoms with Gasteiger partial charge in [-0.1, -0.05) is 0 Å². The van der Waals surface area contributed by atoms with Crippen LogP contribution in [0, 0.1) is 11.3 Å². The van der Waals surface area contributed by atoms with E-state index in [4.69, 9.17) is 5.73 Å². The summed E-state index contributed by atoms with van der Waals surface area (Å²) in [6.45, 7) is 3.54.